The highest BCUT2D eigenvalue weighted by atomic mass is 16.5. The van der Waals surface area contributed by atoms with Crippen LogP contribution in [0.1, 0.15) is 27.5 Å². The van der Waals surface area contributed by atoms with Crippen LogP contribution in [-0.2, 0) is 6.54 Å². The highest BCUT2D eigenvalue weighted by Gasteiger charge is 2.19. The van der Waals surface area contributed by atoms with E-state index in [0.29, 0.717) is 39.4 Å². The van der Waals surface area contributed by atoms with Crippen molar-refractivity contribution in [1.82, 2.24) is 20.5 Å². The van der Waals surface area contributed by atoms with E-state index in [9.17, 15) is 9.59 Å². The summed E-state index contributed by atoms with van der Waals surface area (Å²) in [6.45, 7) is 0.270. The van der Waals surface area contributed by atoms with E-state index in [1.807, 2.05) is 0 Å². The molecule has 0 spiro atoms. The number of fused-ring (bicyclic) bond motifs is 1. The standard InChI is InChI=1S/C21H18N4O4/c1-28-20-15(21(27)22-12-14-5-3-11-29-14)8-10-17-19(20)16(24-25-17)9-7-13-4-2-6-18(26)23-13/h2-11H,12H2,1H3,(H,22,27)(H,23,26)(H,24,25). The summed E-state index contributed by atoms with van der Waals surface area (Å²) in [5.41, 5.74) is 2.16. The van der Waals surface area contributed by atoms with Gasteiger partial charge in [0.2, 0.25) is 5.56 Å². The number of aromatic nitrogens is 3. The number of rotatable bonds is 6. The van der Waals surface area contributed by atoms with Gasteiger partial charge < -0.3 is 19.5 Å². The maximum atomic E-state index is 12.7. The van der Waals surface area contributed by atoms with Crippen molar-refractivity contribution in [3.63, 3.8) is 0 Å². The lowest BCUT2D eigenvalue weighted by Crippen LogP contribution is -2.23. The van der Waals surface area contributed by atoms with Crippen LogP contribution < -0.4 is 15.6 Å². The highest BCUT2D eigenvalue weighted by molar-refractivity contribution is 6.05. The molecule has 4 aromatic rings. The number of methoxy groups -OCH3 is 1. The molecule has 3 N–H and O–H groups in total. The van der Waals surface area contributed by atoms with Crippen molar-refractivity contribution >= 4 is 29.0 Å². The van der Waals surface area contributed by atoms with Crippen LogP contribution >= 0.6 is 0 Å². The second kappa shape index (κ2) is 7.89. The maximum absolute atomic E-state index is 12.7. The zero-order valence-electron chi connectivity index (χ0n) is 15.6. The van der Waals surface area contributed by atoms with Crippen molar-refractivity contribution < 1.29 is 13.9 Å². The minimum atomic E-state index is -0.288. The number of amides is 1. The first-order chi connectivity index (χ1) is 14.2. The topological polar surface area (TPSA) is 113 Å². The molecule has 3 aromatic heterocycles. The molecule has 1 aromatic carbocycles. The van der Waals surface area contributed by atoms with Crippen molar-refractivity contribution in [3.05, 3.63) is 81.8 Å². The van der Waals surface area contributed by atoms with Gasteiger partial charge in [0.1, 0.15) is 11.5 Å². The fourth-order valence-electron chi connectivity index (χ4n) is 3.02. The number of carbonyl (C=O) groups is 1. The molecular weight excluding hydrogens is 372 g/mol. The van der Waals surface area contributed by atoms with E-state index in [4.69, 9.17) is 9.15 Å². The molecule has 0 atom stereocenters. The molecule has 0 aliphatic heterocycles. The van der Waals surface area contributed by atoms with Crippen LogP contribution in [0.25, 0.3) is 23.1 Å². The zero-order valence-corrected chi connectivity index (χ0v) is 15.6. The summed E-state index contributed by atoms with van der Waals surface area (Å²) in [6.07, 6.45) is 5.07. The number of hydrogen-bond acceptors (Lipinski definition) is 5. The van der Waals surface area contributed by atoms with E-state index >= 15 is 0 Å². The summed E-state index contributed by atoms with van der Waals surface area (Å²) in [7, 11) is 1.51. The van der Waals surface area contributed by atoms with Crippen molar-refractivity contribution in [1.29, 1.82) is 0 Å². The zero-order chi connectivity index (χ0) is 20.2. The molecule has 0 aliphatic rings. The molecule has 0 fully saturated rings. The maximum Gasteiger partial charge on any atom is 0.255 e. The van der Waals surface area contributed by atoms with Crippen molar-refractivity contribution in [2.45, 2.75) is 6.54 Å². The van der Waals surface area contributed by atoms with Gasteiger partial charge in [-0.1, -0.05) is 6.07 Å². The third-order valence-electron chi connectivity index (χ3n) is 4.37. The quantitative estimate of drug-likeness (QED) is 0.468. The van der Waals surface area contributed by atoms with E-state index < -0.39 is 0 Å². The number of H-pyrrole nitrogens is 2. The molecule has 1 amide bonds. The van der Waals surface area contributed by atoms with Gasteiger partial charge in [-0.15, -0.1) is 0 Å². The molecule has 8 heteroatoms. The van der Waals surface area contributed by atoms with Crippen molar-refractivity contribution in [3.8, 4) is 5.75 Å². The Kier molecular flexibility index (Phi) is 4.98. The Morgan fingerprint density at radius 2 is 2.10 bits per heavy atom. The number of benzene rings is 1. The van der Waals surface area contributed by atoms with Gasteiger partial charge in [-0.2, -0.15) is 5.10 Å². The molecule has 4 rings (SSSR count). The summed E-state index contributed by atoms with van der Waals surface area (Å²) in [4.78, 5) is 26.9. The molecule has 8 nitrogen and oxygen atoms in total. The SMILES string of the molecule is COc1c(C(=O)NCc2ccco2)ccc2n[nH]c(C=Cc3cccc(=O)[nH]3)c12. The number of nitrogens with zero attached hydrogens (tertiary/aromatic N) is 1. The first kappa shape index (κ1) is 18.3. The molecule has 0 unspecified atom stereocenters. The minimum absolute atomic E-state index is 0.185. The van der Waals surface area contributed by atoms with E-state index in [2.05, 4.69) is 20.5 Å². The van der Waals surface area contributed by atoms with Crippen LogP contribution in [0.5, 0.6) is 5.75 Å². The number of carbonyl (C=O) groups excluding carboxylic acids is 1. The Morgan fingerprint density at radius 1 is 1.21 bits per heavy atom. The molecule has 3 heterocycles. The minimum Gasteiger partial charge on any atom is -0.495 e. The predicted octanol–water partition coefficient (Wildman–Crippen LogP) is 2.95. The molecule has 0 radical (unpaired) electrons. The summed E-state index contributed by atoms with van der Waals surface area (Å²) in [6, 6.07) is 11.9. The first-order valence-corrected chi connectivity index (χ1v) is 8.89. The van der Waals surface area contributed by atoms with E-state index in [1.54, 1.807) is 54.8 Å². The molecule has 146 valence electrons. The van der Waals surface area contributed by atoms with Gasteiger partial charge in [0.25, 0.3) is 5.91 Å². The van der Waals surface area contributed by atoms with Gasteiger partial charge in [-0.05, 0) is 42.5 Å². The summed E-state index contributed by atoms with van der Waals surface area (Å²) >= 11 is 0. The third-order valence-corrected chi connectivity index (χ3v) is 4.37. The Bertz CT molecular complexity index is 1240. The smallest absolute Gasteiger partial charge is 0.255 e. The van der Waals surface area contributed by atoms with Crippen molar-refractivity contribution in [2.24, 2.45) is 0 Å². The fourth-order valence-corrected chi connectivity index (χ4v) is 3.02. The monoisotopic (exact) mass is 390 g/mol. The summed E-state index contributed by atoms with van der Waals surface area (Å²) < 4.78 is 10.8. The molecular formula is C21H18N4O4. The van der Waals surface area contributed by atoms with Gasteiger partial charge in [-0.3, -0.25) is 14.7 Å². The van der Waals surface area contributed by atoms with Crippen LogP contribution in [0.15, 0.2) is 57.9 Å². The van der Waals surface area contributed by atoms with Crippen LogP contribution in [-0.4, -0.2) is 28.2 Å². The molecule has 0 saturated heterocycles. The van der Waals surface area contributed by atoms with Gasteiger partial charge in [0.15, 0.2) is 0 Å². The predicted molar refractivity (Wildman–Crippen MR) is 109 cm³/mol. The average Bonchev–Trinajstić information content (AvgIpc) is 3.39. The largest absolute Gasteiger partial charge is 0.495 e. The van der Waals surface area contributed by atoms with Crippen LogP contribution in [0, 0.1) is 0 Å². The molecule has 29 heavy (non-hydrogen) atoms. The average molecular weight is 390 g/mol. The highest BCUT2D eigenvalue weighted by Crippen LogP contribution is 2.32. The number of pyridine rings is 1. The molecule has 0 aliphatic carbocycles. The van der Waals surface area contributed by atoms with Gasteiger partial charge >= 0.3 is 0 Å². The third kappa shape index (κ3) is 3.81. The number of ether oxygens (including phenoxy) is 1. The number of nitrogens with one attached hydrogen (secondary N) is 3. The fraction of sp³-hybridized carbons (Fsp3) is 0.0952. The second-order valence-electron chi connectivity index (χ2n) is 6.24. The molecule has 0 saturated carbocycles. The van der Waals surface area contributed by atoms with Crippen molar-refractivity contribution in [2.75, 3.05) is 7.11 Å². The Hall–Kier alpha value is -4.07. The Morgan fingerprint density at radius 3 is 2.86 bits per heavy atom. The van der Waals surface area contributed by atoms with E-state index in [-0.39, 0.29) is 18.0 Å². The molecule has 0 bridgehead atoms. The number of hydrogen-bond donors (Lipinski definition) is 3. The van der Waals surface area contributed by atoms with E-state index in [0.717, 1.165) is 0 Å². The van der Waals surface area contributed by atoms with Crippen LogP contribution in [0.3, 0.4) is 0 Å². The van der Waals surface area contributed by atoms with Gasteiger partial charge in [0, 0.05) is 11.8 Å². The van der Waals surface area contributed by atoms with Gasteiger partial charge in [-0.25, -0.2) is 0 Å². The summed E-state index contributed by atoms with van der Waals surface area (Å²) in [5, 5.41) is 10.7. The Balaban J connectivity index is 1.67. The van der Waals surface area contributed by atoms with Crippen LogP contribution in [0.4, 0.5) is 0 Å². The summed E-state index contributed by atoms with van der Waals surface area (Å²) in [5.74, 6) is 0.778. The second-order valence-corrected chi connectivity index (χ2v) is 6.24. The Labute approximate surface area is 165 Å². The number of aromatic amines is 2. The lowest BCUT2D eigenvalue weighted by atomic mass is 10.1. The van der Waals surface area contributed by atoms with E-state index in [1.165, 1.54) is 13.2 Å². The lowest BCUT2D eigenvalue weighted by Gasteiger charge is -2.10. The normalized spacial score (nSPS) is 11.2. The van der Waals surface area contributed by atoms with Crippen LogP contribution in [0.2, 0.25) is 0 Å². The lowest BCUT2D eigenvalue weighted by molar-refractivity contribution is 0.0945. The van der Waals surface area contributed by atoms with Gasteiger partial charge in [0.05, 0.1) is 42.1 Å². The first-order valence-electron chi connectivity index (χ1n) is 8.89. The number of furan rings is 1.